The molecule has 4 nitrogen and oxygen atoms in total. The number of morpholine rings is 1. The Morgan fingerprint density at radius 2 is 2.15 bits per heavy atom. The zero-order chi connectivity index (χ0) is 14.4. The summed E-state index contributed by atoms with van der Waals surface area (Å²) in [5.74, 6) is 0.628. The fourth-order valence-corrected chi connectivity index (χ4v) is 2.48. The fraction of sp³-hybridized carbons (Fsp3) is 0.562. The number of rotatable bonds is 5. The predicted octanol–water partition coefficient (Wildman–Crippen LogP) is 1.77. The Morgan fingerprint density at radius 1 is 1.40 bits per heavy atom. The molecule has 1 atom stereocenters. The normalized spacial score (nSPS) is 20.1. The van der Waals surface area contributed by atoms with Crippen molar-refractivity contribution >= 4 is 5.91 Å². The van der Waals surface area contributed by atoms with Crippen molar-refractivity contribution in [1.29, 1.82) is 0 Å². The van der Waals surface area contributed by atoms with Gasteiger partial charge in [0.25, 0.3) is 5.91 Å². The first-order valence-electron chi connectivity index (χ1n) is 7.32. The minimum absolute atomic E-state index is 0.0322. The molecule has 1 N–H and O–H groups in total. The van der Waals surface area contributed by atoms with Gasteiger partial charge < -0.3 is 10.1 Å². The fourth-order valence-electron chi connectivity index (χ4n) is 2.48. The van der Waals surface area contributed by atoms with E-state index in [-0.39, 0.29) is 12.0 Å². The van der Waals surface area contributed by atoms with Gasteiger partial charge >= 0.3 is 0 Å². The molecule has 0 spiro atoms. The van der Waals surface area contributed by atoms with Crippen LogP contribution in [0.15, 0.2) is 30.3 Å². The number of nitrogens with one attached hydrogen (secondary N) is 1. The summed E-state index contributed by atoms with van der Waals surface area (Å²) in [6.07, 6.45) is 0.0927. The van der Waals surface area contributed by atoms with E-state index in [4.69, 9.17) is 4.74 Å². The van der Waals surface area contributed by atoms with Gasteiger partial charge in [0, 0.05) is 31.7 Å². The van der Waals surface area contributed by atoms with Crippen LogP contribution in [0.2, 0.25) is 0 Å². The van der Waals surface area contributed by atoms with Crippen molar-refractivity contribution in [3.05, 3.63) is 35.9 Å². The molecule has 1 fully saturated rings. The number of nitrogens with zero attached hydrogens (tertiary/aromatic N) is 1. The Hall–Kier alpha value is -1.39. The second-order valence-electron chi connectivity index (χ2n) is 5.72. The van der Waals surface area contributed by atoms with Crippen molar-refractivity contribution < 1.29 is 9.53 Å². The van der Waals surface area contributed by atoms with Crippen LogP contribution in [-0.4, -0.2) is 49.7 Å². The second-order valence-corrected chi connectivity index (χ2v) is 5.72. The maximum atomic E-state index is 12.0. The highest BCUT2D eigenvalue weighted by atomic mass is 16.5. The lowest BCUT2D eigenvalue weighted by atomic mass is 10.1. The topological polar surface area (TPSA) is 41.6 Å². The molecule has 1 aliphatic rings. The largest absolute Gasteiger partial charge is 0.374 e. The third-order valence-corrected chi connectivity index (χ3v) is 3.37. The summed E-state index contributed by atoms with van der Waals surface area (Å²) in [6, 6.07) is 9.29. The van der Waals surface area contributed by atoms with E-state index in [2.05, 4.69) is 24.1 Å². The van der Waals surface area contributed by atoms with Gasteiger partial charge in [-0.3, -0.25) is 9.69 Å². The van der Waals surface area contributed by atoms with Crippen LogP contribution >= 0.6 is 0 Å². The van der Waals surface area contributed by atoms with Crippen LogP contribution in [0.4, 0.5) is 0 Å². The van der Waals surface area contributed by atoms with Gasteiger partial charge in [0.1, 0.15) is 0 Å². The Kier molecular flexibility index (Phi) is 5.56. The molecule has 4 heteroatoms. The highest BCUT2D eigenvalue weighted by Crippen LogP contribution is 2.07. The zero-order valence-corrected chi connectivity index (χ0v) is 12.3. The number of amides is 1. The maximum Gasteiger partial charge on any atom is 0.251 e. The van der Waals surface area contributed by atoms with Crippen LogP contribution in [-0.2, 0) is 4.74 Å². The average molecular weight is 276 g/mol. The van der Waals surface area contributed by atoms with Crippen LogP contribution in [0.1, 0.15) is 24.2 Å². The van der Waals surface area contributed by atoms with E-state index in [9.17, 15) is 4.79 Å². The van der Waals surface area contributed by atoms with Crippen LogP contribution in [0, 0.1) is 5.92 Å². The number of hydrogen-bond acceptors (Lipinski definition) is 3. The van der Waals surface area contributed by atoms with E-state index in [1.165, 1.54) is 0 Å². The lowest BCUT2D eigenvalue weighted by molar-refractivity contribution is -0.0295. The molecule has 1 amide bonds. The van der Waals surface area contributed by atoms with Gasteiger partial charge in [0.05, 0.1) is 12.7 Å². The SMILES string of the molecule is CC(C)CN1CCOC(CNC(=O)c2ccccc2)C1. The van der Waals surface area contributed by atoms with Gasteiger partial charge in [-0.1, -0.05) is 32.0 Å². The van der Waals surface area contributed by atoms with E-state index in [1.54, 1.807) is 0 Å². The summed E-state index contributed by atoms with van der Waals surface area (Å²) in [7, 11) is 0. The Morgan fingerprint density at radius 3 is 2.85 bits per heavy atom. The molecule has 0 aromatic heterocycles. The van der Waals surface area contributed by atoms with E-state index >= 15 is 0 Å². The van der Waals surface area contributed by atoms with Crippen LogP contribution in [0.5, 0.6) is 0 Å². The summed E-state index contributed by atoms with van der Waals surface area (Å²) in [6.45, 7) is 8.74. The standard InChI is InChI=1S/C16H24N2O2/c1-13(2)11-18-8-9-20-15(12-18)10-17-16(19)14-6-4-3-5-7-14/h3-7,13,15H,8-12H2,1-2H3,(H,17,19). The molecule has 1 heterocycles. The first-order chi connectivity index (χ1) is 9.65. The van der Waals surface area contributed by atoms with Gasteiger partial charge in [-0.2, -0.15) is 0 Å². The lowest BCUT2D eigenvalue weighted by Gasteiger charge is -2.33. The molecule has 0 bridgehead atoms. The quantitative estimate of drug-likeness (QED) is 0.891. The van der Waals surface area contributed by atoms with E-state index in [0.29, 0.717) is 18.0 Å². The van der Waals surface area contributed by atoms with Gasteiger partial charge in [-0.15, -0.1) is 0 Å². The van der Waals surface area contributed by atoms with Crippen molar-refractivity contribution in [2.45, 2.75) is 20.0 Å². The van der Waals surface area contributed by atoms with E-state index in [0.717, 1.165) is 26.2 Å². The molecule has 1 aromatic carbocycles. The zero-order valence-electron chi connectivity index (χ0n) is 12.3. The number of ether oxygens (including phenoxy) is 1. The number of carbonyl (C=O) groups excluding carboxylic acids is 1. The van der Waals surface area contributed by atoms with Gasteiger partial charge in [0.15, 0.2) is 0 Å². The molecule has 2 rings (SSSR count). The van der Waals surface area contributed by atoms with Gasteiger partial charge in [-0.25, -0.2) is 0 Å². The highest BCUT2D eigenvalue weighted by molar-refractivity contribution is 5.94. The molecule has 1 aromatic rings. The molecule has 1 saturated heterocycles. The highest BCUT2D eigenvalue weighted by Gasteiger charge is 2.21. The van der Waals surface area contributed by atoms with Crippen molar-refractivity contribution in [1.82, 2.24) is 10.2 Å². The third kappa shape index (κ3) is 4.62. The second kappa shape index (κ2) is 7.41. The van der Waals surface area contributed by atoms with Crippen LogP contribution in [0.3, 0.4) is 0 Å². The maximum absolute atomic E-state index is 12.0. The molecule has 1 aliphatic heterocycles. The van der Waals surface area contributed by atoms with Gasteiger partial charge in [0.2, 0.25) is 0 Å². The molecule has 0 radical (unpaired) electrons. The van der Waals surface area contributed by atoms with Crippen molar-refractivity contribution in [2.75, 3.05) is 32.8 Å². The summed E-state index contributed by atoms with van der Waals surface area (Å²) in [5, 5.41) is 2.95. The van der Waals surface area contributed by atoms with Crippen molar-refractivity contribution in [3.8, 4) is 0 Å². The molecule has 20 heavy (non-hydrogen) atoms. The Balaban J connectivity index is 1.77. The number of hydrogen-bond donors (Lipinski definition) is 1. The molecule has 0 saturated carbocycles. The Bertz CT molecular complexity index is 420. The summed E-state index contributed by atoms with van der Waals surface area (Å²) >= 11 is 0. The van der Waals surface area contributed by atoms with E-state index < -0.39 is 0 Å². The average Bonchev–Trinajstić information content (AvgIpc) is 2.45. The third-order valence-electron chi connectivity index (χ3n) is 3.37. The van der Waals surface area contributed by atoms with Gasteiger partial charge in [-0.05, 0) is 18.1 Å². The minimum Gasteiger partial charge on any atom is -0.374 e. The smallest absolute Gasteiger partial charge is 0.251 e. The minimum atomic E-state index is -0.0322. The molecular formula is C16H24N2O2. The lowest BCUT2D eigenvalue weighted by Crippen LogP contribution is -2.48. The molecule has 0 aliphatic carbocycles. The van der Waals surface area contributed by atoms with Crippen LogP contribution in [0.25, 0.3) is 0 Å². The van der Waals surface area contributed by atoms with E-state index in [1.807, 2.05) is 30.3 Å². The number of benzene rings is 1. The first-order valence-corrected chi connectivity index (χ1v) is 7.32. The summed E-state index contributed by atoms with van der Waals surface area (Å²) in [5.41, 5.74) is 0.697. The monoisotopic (exact) mass is 276 g/mol. The number of carbonyl (C=O) groups is 1. The van der Waals surface area contributed by atoms with Crippen LogP contribution < -0.4 is 5.32 Å². The van der Waals surface area contributed by atoms with Crippen molar-refractivity contribution in [3.63, 3.8) is 0 Å². The predicted molar refractivity (Wildman–Crippen MR) is 79.8 cm³/mol. The molecule has 1 unspecified atom stereocenters. The molecular weight excluding hydrogens is 252 g/mol. The first kappa shape index (κ1) is 15.0. The molecule has 110 valence electrons. The Labute approximate surface area is 121 Å². The summed E-state index contributed by atoms with van der Waals surface area (Å²) in [4.78, 5) is 14.4. The summed E-state index contributed by atoms with van der Waals surface area (Å²) < 4.78 is 5.72. The van der Waals surface area contributed by atoms with Crippen molar-refractivity contribution in [2.24, 2.45) is 5.92 Å².